The Morgan fingerprint density at radius 3 is 2.59 bits per heavy atom. The lowest BCUT2D eigenvalue weighted by Crippen LogP contribution is -1.94. The van der Waals surface area contributed by atoms with E-state index >= 15 is 0 Å². The molecule has 7 nitrogen and oxygen atoms in total. The van der Waals surface area contributed by atoms with Crippen LogP contribution in [0, 0.1) is 6.92 Å². The van der Waals surface area contributed by atoms with E-state index in [1.165, 1.54) is 0 Å². The van der Waals surface area contributed by atoms with E-state index < -0.39 is 0 Å². The Morgan fingerprint density at radius 2 is 1.81 bits per heavy atom. The quantitative estimate of drug-likeness (QED) is 0.557. The van der Waals surface area contributed by atoms with Gasteiger partial charge in [-0.2, -0.15) is 10.2 Å². The lowest BCUT2D eigenvalue weighted by atomic mass is 9.99. The molecule has 0 unspecified atom stereocenters. The summed E-state index contributed by atoms with van der Waals surface area (Å²) in [5.41, 5.74) is 4.92. The fraction of sp³-hybridized carbons (Fsp3) is 0.150. The van der Waals surface area contributed by atoms with Crippen molar-refractivity contribution in [1.82, 2.24) is 20.4 Å². The zero-order valence-corrected chi connectivity index (χ0v) is 15.3. The second-order valence-corrected chi connectivity index (χ2v) is 6.09. The summed E-state index contributed by atoms with van der Waals surface area (Å²) in [6.07, 6.45) is 1.65. The van der Waals surface area contributed by atoms with Crippen LogP contribution in [0.2, 0.25) is 0 Å². The number of aryl methyl sites for hydroxylation is 1. The van der Waals surface area contributed by atoms with Gasteiger partial charge in [0, 0.05) is 5.69 Å². The van der Waals surface area contributed by atoms with Crippen molar-refractivity contribution in [2.24, 2.45) is 0 Å². The molecule has 0 bridgehead atoms. The molecule has 2 heterocycles. The van der Waals surface area contributed by atoms with E-state index in [-0.39, 0.29) is 0 Å². The van der Waals surface area contributed by atoms with E-state index in [0.29, 0.717) is 17.1 Å². The molecule has 4 rings (SSSR count). The zero-order chi connectivity index (χ0) is 18.8. The molecule has 0 radical (unpaired) electrons. The minimum atomic E-state index is 0.652. The van der Waals surface area contributed by atoms with E-state index in [1.807, 2.05) is 30.3 Å². The summed E-state index contributed by atoms with van der Waals surface area (Å²) in [6.45, 7) is 2.07. The number of nitrogens with one attached hydrogen (secondary N) is 2. The maximum Gasteiger partial charge on any atom is 0.180 e. The van der Waals surface area contributed by atoms with Crippen molar-refractivity contribution in [3.8, 4) is 22.6 Å². The van der Waals surface area contributed by atoms with Gasteiger partial charge in [-0.25, -0.2) is 0 Å². The van der Waals surface area contributed by atoms with Gasteiger partial charge >= 0.3 is 0 Å². The summed E-state index contributed by atoms with van der Waals surface area (Å²) in [4.78, 5) is 0. The molecule has 7 heteroatoms. The highest BCUT2D eigenvalue weighted by atomic mass is 16.5. The lowest BCUT2D eigenvalue weighted by Gasteiger charge is -2.13. The topological polar surface area (TPSA) is 85.0 Å². The number of H-pyrrole nitrogens is 1. The van der Waals surface area contributed by atoms with Gasteiger partial charge < -0.3 is 14.8 Å². The van der Waals surface area contributed by atoms with Crippen molar-refractivity contribution in [2.45, 2.75) is 6.92 Å². The van der Waals surface area contributed by atoms with Gasteiger partial charge in [0.1, 0.15) is 0 Å². The van der Waals surface area contributed by atoms with Gasteiger partial charge in [-0.3, -0.25) is 5.10 Å². The minimum Gasteiger partial charge on any atom is -0.493 e. The van der Waals surface area contributed by atoms with E-state index in [1.54, 1.807) is 20.4 Å². The Morgan fingerprint density at radius 1 is 0.963 bits per heavy atom. The van der Waals surface area contributed by atoms with Gasteiger partial charge in [0.05, 0.1) is 25.8 Å². The molecular formula is C20H19N5O2. The fourth-order valence-electron chi connectivity index (χ4n) is 3.08. The third-order valence-electron chi connectivity index (χ3n) is 4.43. The van der Waals surface area contributed by atoms with Crippen molar-refractivity contribution in [3.05, 3.63) is 54.2 Å². The molecule has 0 atom stereocenters. The summed E-state index contributed by atoms with van der Waals surface area (Å²) in [6, 6.07) is 14.0. The van der Waals surface area contributed by atoms with Crippen LogP contribution in [-0.4, -0.2) is 34.6 Å². The number of aromatic amines is 1. The van der Waals surface area contributed by atoms with Crippen molar-refractivity contribution in [1.29, 1.82) is 0 Å². The molecule has 0 aliphatic rings. The van der Waals surface area contributed by atoms with Crippen LogP contribution in [0.3, 0.4) is 0 Å². The summed E-state index contributed by atoms with van der Waals surface area (Å²) < 4.78 is 10.7. The zero-order valence-electron chi connectivity index (χ0n) is 15.3. The van der Waals surface area contributed by atoms with Crippen molar-refractivity contribution < 1.29 is 9.47 Å². The molecule has 0 saturated heterocycles. The maximum atomic E-state index is 5.41. The van der Waals surface area contributed by atoms with E-state index in [0.717, 1.165) is 33.6 Å². The van der Waals surface area contributed by atoms with E-state index in [2.05, 4.69) is 44.8 Å². The number of ether oxygens (including phenoxy) is 2. The number of hydrogen-bond donors (Lipinski definition) is 2. The summed E-state index contributed by atoms with van der Waals surface area (Å²) in [7, 11) is 3.27. The van der Waals surface area contributed by atoms with Crippen molar-refractivity contribution in [2.75, 3.05) is 19.5 Å². The largest absolute Gasteiger partial charge is 0.493 e. The van der Waals surface area contributed by atoms with Gasteiger partial charge in [-0.1, -0.05) is 12.1 Å². The van der Waals surface area contributed by atoms with Gasteiger partial charge in [-0.05, 0) is 53.9 Å². The smallest absolute Gasteiger partial charge is 0.180 e. The van der Waals surface area contributed by atoms with E-state index in [9.17, 15) is 0 Å². The van der Waals surface area contributed by atoms with Crippen LogP contribution in [0.15, 0.2) is 48.7 Å². The number of benzene rings is 2. The van der Waals surface area contributed by atoms with E-state index in [4.69, 9.17) is 9.47 Å². The molecule has 0 saturated carbocycles. The number of aromatic nitrogens is 4. The molecule has 2 N–H and O–H groups in total. The molecule has 0 aliphatic heterocycles. The molecule has 0 amide bonds. The predicted octanol–water partition coefficient (Wildman–Crippen LogP) is 4.09. The first-order valence-electron chi connectivity index (χ1n) is 8.45. The van der Waals surface area contributed by atoms with Gasteiger partial charge in [0.25, 0.3) is 0 Å². The SMILES string of the molecule is COc1ccc(-c2ccc(Nc3n[nH]c4nnccc34)cc2C)cc1OC. The molecule has 27 heavy (non-hydrogen) atoms. The molecule has 0 fully saturated rings. The molecule has 0 spiro atoms. The fourth-order valence-corrected chi connectivity index (χ4v) is 3.08. The summed E-state index contributed by atoms with van der Waals surface area (Å²) >= 11 is 0. The predicted molar refractivity (Wildman–Crippen MR) is 105 cm³/mol. The van der Waals surface area contributed by atoms with Crippen LogP contribution in [0.1, 0.15) is 5.56 Å². The highest BCUT2D eigenvalue weighted by Crippen LogP contribution is 2.34. The highest BCUT2D eigenvalue weighted by molar-refractivity contribution is 5.88. The first kappa shape index (κ1) is 16.8. The third kappa shape index (κ3) is 3.15. The molecule has 0 aliphatic carbocycles. The molecular weight excluding hydrogens is 342 g/mol. The molecule has 4 aromatic rings. The molecule has 2 aromatic carbocycles. The van der Waals surface area contributed by atoms with Gasteiger partial charge in [-0.15, -0.1) is 5.10 Å². The first-order valence-corrected chi connectivity index (χ1v) is 8.45. The highest BCUT2D eigenvalue weighted by Gasteiger charge is 2.10. The van der Waals surface area contributed by atoms with Crippen LogP contribution in [0.5, 0.6) is 11.5 Å². The van der Waals surface area contributed by atoms with Crippen LogP contribution >= 0.6 is 0 Å². The molecule has 2 aromatic heterocycles. The van der Waals surface area contributed by atoms with Crippen LogP contribution in [-0.2, 0) is 0 Å². The number of hydrogen-bond acceptors (Lipinski definition) is 6. The third-order valence-corrected chi connectivity index (χ3v) is 4.43. The number of fused-ring (bicyclic) bond motifs is 1. The Labute approximate surface area is 156 Å². The molecule has 136 valence electrons. The first-order chi connectivity index (χ1) is 13.2. The number of nitrogens with zero attached hydrogens (tertiary/aromatic N) is 3. The Kier molecular flexibility index (Phi) is 4.33. The van der Waals surface area contributed by atoms with Crippen molar-refractivity contribution >= 4 is 22.5 Å². The Balaban J connectivity index is 1.65. The summed E-state index contributed by atoms with van der Waals surface area (Å²) in [5.74, 6) is 2.14. The maximum absolute atomic E-state index is 5.41. The Hall–Kier alpha value is -3.61. The normalized spacial score (nSPS) is 10.8. The number of rotatable bonds is 5. The number of methoxy groups -OCH3 is 2. The number of anilines is 2. The Bertz CT molecular complexity index is 1110. The van der Waals surface area contributed by atoms with Crippen LogP contribution in [0.4, 0.5) is 11.5 Å². The van der Waals surface area contributed by atoms with Crippen LogP contribution in [0.25, 0.3) is 22.2 Å². The second kappa shape index (κ2) is 6.95. The summed E-state index contributed by atoms with van der Waals surface area (Å²) in [5, 5.41) is 19.2. The average molecular weight is 361 g/mol. The monoisotopic (exact) mass is 361 g/mol. The van der Waals surface area contributed by atoms with Crippen LogP contribution < -0.4 is 14.8 Å². The second-order valence-electron chi connectivity index (χ2n) is 6.09. The van der Waals surface area contributed by atoms with Crippen molar-refractivity contribution in [3.63, 3.8) is 0 Å². The van der Waals surface area contributed by atoms with Gasteiger partial charge in [0.2, 0.25) is 0 Å². The van der Waals surface area contributed by atoms with Gasteiger partial charge in [0.15, 0.2) is 23.0 Å². The lowest BCUT2D eigenvalue weighted by molar-refractivity contribution is 0.355. The minimum absolute atomic E-state index is 0.652. The average Bonchev–Trinajstić information content (AvgIpc) is 3.10. The standard InChI is InChI=1S/C20H19N5O2/c1-12-10-14(22-19-16-8-9-21-23-20(16)25-24-19)5-6-15(12)13-4-7-17(26-2)18(11-13)27-3/h4-11H,1-3H3,(H2,22,23,24,25).